The highest BCUT2D eigenvalue weighted by molar-refractivity contribution is 7.99. The summed E-state index contributed by atoms with van der Waals surface area (Å²) in [5.74, 6) is 4.23. The van der Waals surface area contributed by atoms with Gasteiger partial charge in [-0.1, -0.05) is 180 Å². The Labute approximate surface area is 396 Å². The molecule has 6 rings (SSSR count). The average molecular weight is 931 g/mol. The van der Waals surface area contributed by atoms with Crippen LogP contribution in [0.1, 0.15) is 128 Å². The summed E-state index contributed by atoms with van der Waals surface area (Å²) in [5.41, 5.74) is 7.62. The SMILES string of the molecule is Cc1cc(C)c(OP(Oc2ccccc2C(C)(C)C)Oc2ccccc2C(C)(C)C)c(Sc2cc(C)cc(C)c2OP(Oc2ccccc2C(C)(C)C)Oc2ccccc2C(C)(C)C)c1. The normalized spacial score (nSPS) is 12.3. The van der Waals surface area contributed by atoms with E-state index in [1.54, 1.807) is 11.8 Å². The van der Waals surface area contributed by atoms with Crippen molar-refractivity contribution in [3.8, 4) is 34.5 Å². The zero-order chi connectivity index (χ0) is 47.5. The van der Waals surface area contributed by atoms with Crippen LogP contribution in [0.2, 0.25) is 0 Å². The highest BCUT2D eigenvalue weighted by Gasteiger charge is 2.32. The molecule has 0 unspecified atom stereocenters. The van der Waals surface area contributed by atoms with E-state index in [-0.39, 0.29) is 21.7 Å². The van der Waals surface area contributed by atoms with E-state index >= 15 is 0 Å². The zero-order valence-electron chi connectivity index (χ0n) is 41.3. The molecule has 0 aliphatic carbocycles. The number of hydrogen-bond acceptors (Lipinski definition) is 7. The molecule has 0 atom stereocenters. The van der Waals surface area contributed by atoms with Crippen molar-refractivity contribution in [2.45, 2.75) is 142 Å². The van der Waals surface area contributed by atoms with Crippen molar-refractivity contribution in [3.63, 3.8) is 0 Å². The maximum Gasteiger partial charge on any atom is 0.530 e. The molecule has 0 aromatic heterocycles. The van der Waals surface area contributed by atoms with E-state index in [2.05, 4.69) is 159 Å². The lowest BCUT2D eigenvalue weighted by Crippen LogP contribution is -2.15. The Bertz CT molecular complexity index is 2300. The molecule has 0 N–H and O–H groups in total. The van der Waals surface area contributed by atoms with Crippen LogP contribution in [-0.4, -0.2) is 0 Å². The van der Waals surface area contributed by atoms with Gasteiger partial charge in [-0.05, 0) is 108 Å². The number of para-hydroxylation sites is 4. The van der Waals surface area contributed by atoms with Crippen LogP contribution in [0, 0.1) is 27.7 Å². The number of aryl methyl sites for hydroxylation is 4. The predicted octanol–water partition coefficient (Wildman–Crippen LogP) is 17.8. The number of benzene rings is 6. The lowest BCUT2D eigenvalue weighted by Gasteiger charge is -2.28. The van der Waals surface area contributed by atoms with Gasteiger partial charge in [-0.25, -0.2) is 0 Å². The van der Waals surface area contributed by atoms with Crippen LogP contribution in [-0.2, 0) is 21.7 Å². The van der Waals surface area contributed by atoms with Gasteiger partial charge in [0.1, 0.15) is 34.5 Å². The van der Waals surface area contributed by atoms with Crippen molar-refractivity contribution in [2.24, 2.45) is 0 Å². The molecule has 0 amide bonds. The van der Waals surface area contributed by atoms with Crippen molar-refractivity contribution in [2.75, 3.05) is 0 Å². The van der Waals surface area contributed by atoms with Crippen molar-refractivity contribution in [3.05, 3.63) is 166 Å². The van der Waals surface area contributed by atoms with E-state index in [4.69, 9.17) is 27.1 Å². The van der Waals surface area contributed by atoms with Gasteiger partial charge in [0.15, 0.2) is 0 Å². The van der Waals surface area contributed by atoms with Crippen LogP contribution in [0.15, 0.2) is 131 Å². The smallest absolute Gasteiger partial charge is 0.408 e. The minimum absolute atomic E-state index is 0.183. The van der Waals surface area contributed by atoms with Gasteiger partial charge in [-0.2, -0.15) is 0 Å². The van der Waals surface area contributed by atoms with Gasteiger partial charge >= 0.3 is 17.2 Å². The Hall–Kier alpha value is -4.67. The van der Waals surface area contributed by atoms with Crippen LogP contribution in [0.3, 0.4) is 0 Å². The summed E-state index contributed by atoms with van der Waals surface area (Å²) in [6, 6.07) is 41.2. The van der Waals surface area contributed by atoms with Gasteiger partial charge in [0, 0.05) is 22.3 Å². The first-order chi connectivity index (χ1) is 30.4. The summed E-state index contributed by atoms with van der Waals surface area (Å²) in [5, 5.41) is 0. The predicted molar refractivity (Wildman–Crippen MR) is 274 cm³/mol. The third-order valence-corrected chi connectivity index (χ3v) is 13.9. The first-order valence-corrected chi connectivity index (χ1v) is 25.4. The van der Waals surface area contributed by atoms with E-state index in [0.29, 0.717) is 11.5 Å². The summed E-state index contributed by atoms with van der Waals surface area (Å²) in [4.78, 5) is 1.79. The minimum Gasteiger partial charge on any atom is -0.408 e. The summed E-state index contributed by atoms with van der Waals surface area (Å²) in [6.45, 7) is 34.6. The molecule has 0 saturated heterocycles. The molecule has 344 valence electrons. The second kappa shape index (κ2) is 20.1. The topological polar surface area (TPSA) is 55.4 Å². The Morgan fingerprint density at radius 2 is 0.585 bits per heavy atom. The first-order valence-electron chi connectivity index (χ1n) is 22.3. The molecule has 6 aromatic rings. The van der Waals surface area contributed by atoms with Crippen LogP contribution < -0.4 is 27.1 Å². The largest absolute Gasteiger partial charge is 0.530 e. The van der Waals surface area contributed by atoms with Crippen LogP contribution in [0.5, 0.6) is 34.5 Å². The summed E-state index contributed by atoms with van der Waals surface area (Å²) < 4.78 is 41.7. The molecule has 9 heteroatoms. The minimum atomic E-state index is -2.03. The van der Waals surface area contributed by atoms with Gasteiger partial charge in [-0.15, -0.1) is 0 Å². The van der Waals surface area contributed by atoms with Gasteiger partial charge in [0.2, 0.25) is 0 Å². The Balaban J connectivity index is 1.44. The summed E-state index contributed by atoms with van der Waals surface area (Å²) in [6.07, 6.45) is 0. The molecule has 6 nitrogen and oxygen atoms in total. The average Bonchev–Trinajstić information content (AvgIpc) is 3.19. The maximum atomic E-state index is 7.09. The fourth-order valence-electron chi connectivity index (χ4n) is 7.58. The molecule has 0 radical (unpaired) electrons. The molecule has 6 aromatic carbocycles. The Morgan fingerprint density at radius 1 is 0.338 bits per heavy atom. The Morgan fingerprint density at radius 3 is 0.831 bits per heavy atom. The molecule has 0 saturated carbocycles. The summed E-state index contributed by atoms with van der Waals surface area (Å²) >= 11 is 1.58. The Kier molecular flexibility index (Phi) is 15.4. The fourth-order valence-corrected chi connectivity index (χ4v) is 11.3. The second-order valence-corrected chi connectivity index (χ2v) is 24.0. The van der Waals surface area contributed by atoms with E-state index in [1.807, 2.05) is 72.8 Å². The monoisotopic (exact) mass is 930 g/mol. The van der Waals surface area contributed by atoms with Gasteiger partial charge in [0.05, 0.1) is 9.79 Å². The molecule has 0 spiro atoms. The zero-order valence-corrected chi connectivity index (χ0v) is 43.9. The third kappa shape index (κ3) is 12.8. The molecule has 0 aliphatic rings. The lowest BCUT2D eigenvalue weighted by molar-refractivity contribution is 0.372. The van der Waals surface area contributed by atoms with E-state index in [9.17, 15) is 0 Å². The van der Waals surface area contributed by atoms with E-state index < -0.39 is 17.2 Å². The maximum absolute atomic E-state index is 7.09. The fraction of sp³-hybridized carbons (Fsp3) is 0.357. The highest BCUT2D eigenvalue weighted by Crippen LogP contribution is 2.54. The molecule has 0 aliphatic heterocycles. The van der Waals surface area contributed by atoms with Crippen LogP contribution in [0.4, 0.5) is 0 Å². The lowest BCUT2D eigenvalue weighted by atomic mass is 9.86. The van der Waals surface area contributed by atoms with Gasteiger partial charge < -0.3 is 27.1 Å². The molecular formula is C56H68O6P2S. The standard InChI is InChI=1S/C56H68O6P2S/c1-37-33-39(3)51(61-63(57-45-29-21-17-25-41(45)53(5,6)7)58-46-30-22-18-26-42(46)54(8,9)10)49(35-37)65-50-36-38(2)34-40(4)52(50)62-64(59-47-31-23-19-27-43(47)55(11,12)13)60-48-32-24-20-28-44(48)56(14,15)16/h17-36H,1-16H3. The second-order valence-electron chi connectivity index (χ2n) is 20.9. The number of rotatable bonds is 14. The van der Waals surface area contributed by atoms with Crippen molar-refractivity contribution >= 4 is 29.0 Å². The molecule has 0 fully saturated rings. The molecule has 0 bridgehead atoms. The van der Waals surface area contributed by atoms with E-state index in [0.717, 1.165) is 77.3 Å². The van der Waals surface area contributed by atoms with Gasteiger partial charge in [-0.3, -0.25) is 0 Å². The van der Waals surface area contributed by atoms with Gasteiger partial charge in [0.25, 0.3) is 0 Å². The van der Waals surface area contributed by atoms with Crippen LogP contribution >= 0.6 is 29.0 Å². The molecular weight excluding hydrogens is 863 g/mol. The summed E-state index contributed by atoms with van der Waals surface area (Å²) in [7, 11) is -4.06. The van der Waals surface area contributed by atoms with E-state index in [1.165, 1.54) is 0 Å². The highest BCUT2D eigenvalue weighted by atomic mass is 32.2. The van der Waals surface area contributed by atoms with Crippen molar-refractivity contribution in [1.29, 1.82) is 0 Å². The molecule has 0 heterocycles. The first kappa shape index (κ1) is 49.8. The number of hydrogen-bond donors (Lipinski definition) is 0. The quantitative estimate of drug-likeness (QED) is 0.101. The third-order valence-electron chi connectivity index (χ3n) is 10.8. The van der Waals surface area contributed by atoms with Crippen molar-refractivity contribution in [1.82, 2.24) is 0 Å². The van der Waals surface area contributed by atoms with Crippen molar-refractivity contribution < 1.29 is 27.1 Å². The molecule has 65 heavy (non-hydrogen) atoms. The van der Waals surface area contributed by atoms with Crippen LogP contribution in [0.25, 0.3) is 0 Å².